The van der Waals surface area contributed by atoms with E-state index in [0.29, 0.717) is 18.0 Å². The van der Waals surface area contributed by atoms with Crippen LogP contribution in [0, 0.1) is 5.92 Å². The second-order valence-corrected chi connectivity index (χ2v) is 4.47. The maximum Gasteiger partial charge on any atom is 0.374 e. The number of hydrogen-bond acceptors (Lipinski definition) is 4. The van der Waals surface area contributed by atoms with Crippen molar-refractivity contribution in [2.45, 2.75) is 26.3 Å². The van der Waals surface area contributed by atoms with Crippen molar-refractivity contribution in [1.82, 2.24) is 0 Å². The second-order valence-electron chi connectivity index (χ2n) is 4.47. The molecule has 0 unspecified atom stereocenters. The highest BCUT2D eigenvalue weighted by atomic mass is 16.4. The lowest BCUT2D eigenvalue weighted by molar-refractivity contribution is -0.117. The molecule has 1 aliphatic rings. The summed E-state index contributed by atoms with van der Waals surface area (Å²) in [6.07, 6.45) is 1.99. The number of amides is 1. The Morgan fingerprint density at radius 2 is 2.29 bits per heavy atom. The molecule has 1 aliphatic heterocycles. The summed E-state index contributed by atoms with van der Waals surface area (Å²) in [7, 11) is 0. The first-order valence-corrected chi connectivity index (χ1v) is 5.41. The Hall–Kier alpha value is -1.98. The first kappa shape index (κ1) is 11.5. The van der Waals surface area contributed by atoms with Gasteiger partial charge in [-0.25, -0.2) is 4.79 Å². The third kappa shape index (κ3) is 2.11. The highest BCUT2D eigenvalue weighted by Gasteiger charge is 2.31. The van der Waals surface area contributed by atoms with Crippen molar-refractivity contribution in [1.29, 1.82) is 0 Å². The minimum atomic E-state index is -1.20. The third-order valence-electron chi connectivity index (χ3n) is 2.59. The molecular formula is C11H14N2O4. The largest absolute Gasteiger partial charge is 0.475 e. The normalized spacial score (nSPS) is 18.5. The molecule has 2 heterocycles. The van der Waals surface area contributed by atoms with Crippen molar-refractivity contribution in [3.05, 3.63) is 12.0 Å². The van der Waals surface area contributed by atoms with Gasteiger partial charge in [0.05, 0.1) is 5.69 Å². The Kier molecular flexibility index (Phi) is 2.79. The predicted molar refractivity (Wildman–Crippen MR) is 61.2 cm³/mol. The molecule has 0 spiro atoms. The van der Waals surface area contributed by atoms with Gasteiger partial charge >= 0.3 is 5.97 Å². The number of nitrogens with one attached hydrogen (secondary N) is 2. The average Bonchev–Trinajstić information content (AvgIpc) is 2.60. The first-order chi connectivity index (χ1) is 7.99. The maximum absolute atomic E-state index is 11.8. The van der Waals surface area contributed by atoms with Crippen LogP contribution < -0.4 is 10.6 Å². The second kappa shape index (κ2) is 4.12. The van der Waals surface area contributed by atoms with E-state index in [-0.39, 0.29) is 23.4 Å². The lowest BCUT2D eigenvalue weighted by Gasteiger charge is -2.25. The van der Waals surface area contributed by atoms with Crippen LogP contribution in [0.5, 0.6) is 0 Å². The van der Waals surface area contributed by atoms with Gasteiger partial charge in [0.1, 0.15) is 18.0 Å². The minimum absolute atomic E-state index is 0.211. The molecule has 0 aromatic carbocycles. The van der Waals surface area contributed by atoms with Crippen LogP contribution in [0.1, 0.15) is 30.8 Å². The maximum atomic E-state index is 11.8. The molecule has 0 radical (unpaired) electrons. The van der Waals surface area contributed by atoms with Crippen molar-refractivity contribution < 1.29 is 19.1 Å². The number of furan rings is 1. The van der Waals surface area contributed by atoms with Crippen molar-refractivity contribution in [3.63, 3.8) is 0 Å². The quantitative estimate of drug-likeness (QED) is 0.746. The number of rotatable bonds is 3. The van der Waals surface area contributed by atoms with Crippen LogP contribution in [0.3, 0.4) is 0 Å². The standard InChI is InChI=1S/C11H14N2O4/c1-5(2)3-6-10(14)13-8-7(12-6)4-17-9(8)11(15)16/h4-6,12H,3H2,1-2H3,(H,13,14)(H,15,16)/t6-/m1/s1. The Bertz CT molecular complexity index is 464. The summed E-state index contributed by atoms with van der Waals surface area (Å²) in [6.45, 7) is 4.03. The van der Waals surface area contributed by atoms with Gasteiger partial charge in [-0.15, -0.1) is 0 Å². The van der Waals surface area contributed by atoms with Gasteiger partial charge in [-0.1, -0.05) is 13.8 Å². The third-order valence-corrected chi connectivity index (χ3v) is 2.59. The fourth-order valence-corrected chi connectivity index (χ4v) is 1.85. The number of aromatic carboxylic acids is 1. The Morgan fingerprint density at radius 3 is 2.88 bits per heavy atom. The van der Waals surface area contributed by atoms with E-state index in [9.17, 15) is 9.59 Å². The van der Waals surface area contributed by atoms with Crippen LogP contribution >= 0.6 is 0 Å². The monoisotopic (exact) mass is 238 g/mol. The smallest absolute Gasteiger partial charge is 0.374 e. The van der Waals surface area contributed by atoms with Crippen LogP contribution in [-0.4, -0.2) is 23.0 Å². The number of carboxylic acid groups (broad SMARTS) is 1. The number of fused-ring (bicyclic) bond motifs is 1. The van der Waals surface area contributed by atoms with Gasteiger partial charge in [-0.05, 0) is 12.3 Å². The fourth-order valence-electron chi connectivity index (χ4n) is 1.85. The lowest BCUT2D eigenvalue weighted by atomic mass is 10.0. The van der Waals surface area contributed by atoms with E-state index < -0.39 is 5.97 Å². The Morgan fingerprint density at radius 1 is 1.59 bits per heavy atom. The van der Waals surface area contributed by atoms with Gasteiger partial charge in [-0.2, -0.15) is 0 Å². The summed E-state index contributed by atoms with van der Waals surface area (Å²) >= 11 is 0. The van der Waals surface area contributed by atoms with Crippen molar-refractivity contribution in [2.75, 3.05) is 10.6 Å². The summed E-state index contributed by atoms with van der Waals surface area (Å²) in [5.74, 6) is -1.31. The molecule has 0 saturated heterocycles. The van der Waals surface area contributed by atoms with E-state index in [1.54, 1.807) is 0 Å². The van der Waals surface area contributed by atoms with E-state index in [2.05, 4.69) is 10.6 Å². The summed E-state index contributed by atoms with van der Waals surface area (Å²) in [5, 5.41) is 14.4. The summed E-state index contributed by atoms with van der Waals surface area (Å²) in [6, 6.07) is -0.346. The molecule has 3 N–H and O–H groups in total. The Labute approximate surface area is 98.0 Å². The molecule has 6 heteroatoms. The van der Waals surface area contributed by atoms with E-state index in [4.69, 9.17) is 9.52 Å². The molecule has 17 heavy (non-hydrogen) atoms. The molecule has 0 fully saturated rings. The van der Waals surface area contributed by atoms with Gasteiger partial charge in [0.2, 0.25) is 11.7 Å². The summed E-state index contributed by atoms with van der Waals surface area (Å²) in [5.41, 5.74) is 0.732. The van der Waals surface area contributed by atoms with E-state index >= 15 is 0 Å². The van der Waals surface area contributed by atoms with Crippen LogP contribution in [0.15, 0.2) is 10.7 Å². The molecule has 6 nitrogen and oxygen atoms in total. The summed E-state index contributed by atoms with van der Waals surface area (Å²) < 4.78 is 4.90. The van der Waals surface area contributed by atoms with Gasteiger partial charge in [0, 0.05) is 0 Å². The number of carboxylic acids is 1. The highest BCUT2D eigenvalue weighted by molar-refractivity contribution is 6.08. The van der Waals surface area contributed by atoms with Gasteiger partial charge in [-0.3, -0.25) is 4.79 Å². The number of carbonyl (C=O) groups is 2. The van der Waals surface area contributed by atoms with Crippen LogP contribution in [-0.2, 0) is 4.79 Å². The molecule has 1 amide bonds. The Balaban J connectivity index is 2.25. The molecule has 0 saturated carbocycles. The topological polar surface area (TPSA) is 91.6 Å². The van der Waals surface area contributed by atoms with Gasteiger partial charge in [0.25, 0.3) is 0 Å². The zero-order valence-corrected chi connectivity index (χ0v) is 9.61. The van der Waals surface area contributed by atoms with E-state index in [1.165, 1.54) is 6.26 Å². The molecule has 0 bridgehead atoms. The van der Waals surface area contributed by atoms with Gasteiger partial charge in [0.15, 0.2) is 0 Å². The molecule has 2 rings (SSSR count). The predicted octanol–water partition coefficient (Wildman–Crippen LogP) is 1.76. The molecule has 1 atom stereocenters. The zero-order valence-electron chi connectivity index (χ0n) is 9.61. The molecule has 1 aromatic rings. The SMILES string of the molecule is CC(C)C[C@H]1Nc2coc(C(=O)O)c2NC1=O. The number of anilines is 2. The fraction of sp³-hybridized carbons (Fsp3) is 0.455. The van der Waals surface area contributed by atoms with Crippen LogP contribution in [0.4, 0.5) is 11.4 Å². The zero-order chi connectivity index (χ0) is 12.6. The minimum Gasteiger partial charge on any atom is -0.475 e. The van der Waals surface area contributed by atoms with E-state index in [0.717, 1.165) is 0 Å². The van der Waals surface area contributed by atoms with Crippen LogP contribution in [0.25, 0.3) is 0 Å². The van der Waals surface area contributed by atoms with Crippen LogP contribution in [0.2, 0.25) is 0 Å². The highest BCUT2D eigenvalue weighted by Crippen LogP contribution is 2.33. The number of carbonyl (C=O) groups excluding carboxylic acids is 1. The molecule has 1 aromatic heterocycles. The number of hydrogen-bond donors (Lipinski definition) is 3. The molecule has 92 valence electrons. The van der Waals surface area contributed by atoms with Crippen molar-refractivity contribution in [3.8, 4) is 0 Å². The molecule has 0 aliphatic carbocycles. The first-order valence-electron chi connectivity index (χ1n) is 5.41. The van der Waals surface area contributed by atoms with Crippen molar-refractivity contribution in [2.24, 2.45) is 5.92 Å². The van der Waals surface area contributed by atoms with E-state index in [1.807, 2.05) is 13.8 Å². The lowest BCUT2D eigenvalue weighted by Crippen LogP contribution is -2.39. The summed E-state index contributed by atoms with van der Waals surface area (Å²) in [4.78, 5) is 22.6. The average molecular weight is 238 g/mol. The van der Waals surface area contributed by atoms with Crippen molar-refractivity contribution >= 4 is 23.3 Å². The van der Waals surface area contributed by atoms with Gasteiger partial charge < -0.3 is 20.2 Å². The molecular weight excluding hydrogens is 224 g/mol.